The molecule has 1 aromatic rings. The quantitative estimate of drug-likeness (QED) is 0.863. The molecule has 4 heteroatoms. The molecule has 1 aliphatic heterocycles. The first-order valence-corrected chi connectivity index (χ1v) is 7.56. The van der Waals surface area contributed by atoms with Crippen LogP contribution in [0.4, 0.5) is 5.82 Å². The van der Waals surface area contributed by atoms with E-state index in [1.807, 2.05) is 6.20 Å². The fourth-order valence-corrected chi connectivity index (χ4v) is 2.62. The van der Waals surface area contributed by atoms with E-state index in [-0.39, 0.29) is 12.0 Å². The van der Waals surface area contributed by atoms with Crippen LogP contribution in [0.5, 0.6) is 0 Å². The Balaban J connectivity index is 2.08. The first-order valence-electron chi connectivity index (χ1n) is 7.56. The molecule has 0 radical (unpaired) electrons. The molecule has 1 fully saturated rings. The number of nitrogens with zero attached hydrogens (tertiary/aromatic N) is 2. The van der Waals surface area contributed by atoms with E-state index in [9.17, 15) is 5.11 Å². The van der Waals surface area contributed by atoms with Gasteiger partial charge in [0, 0.05) is 25.3 Å². The molecule has 0 spiro atoms. The van der Waals surface area contributed by atoms with Gasteiger partial charge in [-0.05, 0) is 36.4 Å². The van der Waals surface area contributed by atoms with E-state index in [1.54, 1.807) is 0 Å². The van der Waals surface area contributed by atoms with E-state index in [1.165, 1.54) is 18.4 Å². The third kappa shape index (κ3) is 3.93. The molecule has 2 N–H and O–H groups in total. The van der Waals surface area contributed by atoms with Gasteiger partial charge in [0.05, 0.1) is 6.61 Å². The Labute approximate surface area is 122 Å². The molecule has 0 aliphatic carbocycles. The van der Waals surface area contributed by atoms with Crippen molar-refractivity contribution in [1.82, 2.24) is 10.3 Å². The van der Waals surface area contributed by atoms with Crippen molar-refractivity contribution in [1.29, 1.82) is 0 Å². The molecule has 0 amide bonds. The maximum Gasteiger partial charge on any atom is 0.128 e. The SMILES string of the molecule is CC(C)(C)c1ccc(N(CCO)CC2CCCN2)nc1. The summed E-state index contributed by atoms with van der Waals surface area (Å²) in [5.41, 5.74) is 1.37. The topological polar surface area (TPSA) is 48.4 Å². The normalized spacial score (nSPS) is 19.3. The number of aliphatic hydroxyl groups excluding tert-OH is 1. The second-order valence-electron chi connectivity index (χ2n) is 6.62. The van der Waals surface area contributed by atoms with Gasteiger partial charge in [0.15, 0.2) is 0 Å². The molecular weight excluding hydrogens is 250 g/mol. The van der Waals surface area contributed by atoms with Crippen LogP contribution >= 0.6 is 0 Å². The molecule has 20 heavy (non-hydrogen) atoms. The van der Waals surface area contributed by atoms with Crippen LogP contribution in [0.25, 0.3) is 0 Å². The first-order chi connectivity index (χ1) is 9.50. The lowest BCUT2D eigenvalue weighted by Crippen LogP contribution is -2.39. The van der Waals surface area contributed by atoms with Crippen molar-refractivity contribution in [2.24, 2.45) is 0 Å². The van der Waals surface area contributed by atoms with E-state index in [0.29, 0.717) is 12.6 Å². The molecule has 112 valence electrons. The lowest BCUT2D eigenvalue weighted by molar-refractivity contribution is 0.300. The molecule has 1 unspecified atom stereocenters. The molecule has 4 nitrogen and oxygen atoms in total. The standard InChI is InChI=1S/C16H27N3O/c1-16(2,3)13-6-7-15(18-11-13)19(9-10-20)12-14-5-4-8-17-14/h6-7,11,14,17,20H,4-5,8-10,12H2,1-3H3. The summed E-state index contributed by atoms with van der Waals surface area (Å²) >= 11 is 0. The zero-order chi connectivity index (χ0) is 14.6. The van der Waals surface area contributed by atoms with Gasteiger partial charge >= 0.3 is 0 Å². The Morgan fingerprint density at radius 3 is 2.70 bits per heavy atom. The Bertz CT molecular complexity index is 405. The van der Waals surface area contributed by atoms with Crippen LogP contribution in [0.2, 0.25) is 0 Å². The van der Waals surface area contributed by atoms with Gasteiger partial charge in [-0.15, -0.1) is 0 Å². The Hall–Kier alpha value is -1.13. The smallest absolute Gasteiger partial charge is 0.128 e. The summed E-state index contributed by atoms with van der Waals surface area (Å²) < 4.78 is 0. The number of hydrogen-bond donors (Lipinski definition) is 2. The number of aromatic nitrogens is 1. The van der Waals surface area contributed by atoms with Crippen molar-refractivity contribution in [2.75, 3.05) is 31.1 Å². The molecule has 1 saturated heterocycles. The molecule has 0 bridgehead atoms. The van der Waals surface area contributed by atoms with Crippen LogP contribution in [0, 0.1) is 0 Å². The number of nitrogens with one attached hydrogen (secondary N) is 1. The van der Waals surface area contributed by atoms with Crippen molar-refractivity contribution in [3.05, 3.63) is 23.9 Å². The van der Waals surface area contributed by atoms with Gasteiger partial charge in [-0.2, -0.15) is 0 Å². The average Bonchev–Trinajstić information content (AvgIpc) is 2.90. The number of anilines is 1. The van der Waals surface area contributed by atoms with Gasteiger partial charge in [-0.3, -0.25) is 0 Å². The Kier molecular flexibility index (Phi) is 5.00. The minimum atomic E-state index is 0.125. The third-order valence-electron chi connectivity index (χ3n) is 3.91. The molecule has 0 aromatic carbocycles. The summed E-state index contributed by atoms with van der Waals surface area (Å²) in [4.78, 5) is 6.77. The van der Waals surface area contributed by atoms with Crippen molar-refractivity contribution < 1.29 is 5.11 Å². The van der Waals surface area contributed by atoms with E-state index in [4.69, 9.17) is 0 Å². The largest absolute Gasteiger partial charge is 0.395 e. The molecule has 1 aliphatic rings. The summed E-state index contributed by atoms with van der Waals surface area (Å²) in [6.45, 7) is 9.40. The summed E-state index contributed by atoms with van der Waals surface area (Å²) in [5.74, 6) is 0.959. The number of hydrogen-bond acceptors (Lipinski definition) is 4. The predicted molar refractivity (Wildman–Crippen MR) is 83.3 cm³/mol. The Morgan fingerprint density at radius 1 is 1.40 bits per heavy atom. The van der Waals surface area contributed by atoms with Crippen molar-refractivity contribution in [3.8, 4) is 0 Å². The van der Waals surface area contributed by atoms with E-state index in [0.717, 1.165) is 18.9 Å². The first kappa shape index (κ1) is 15.3. The molecule has 1 aromatic heterocycles. The minimum absolute atomic E-state index is 0.125. The van der Waals surface area contributed by atoms with Crippen LogP contribution in [-0.2, 0) is 5.41 Å². The maximum atomic E-state index is 9.27. The molecule has 1 atom stereocenters. The summed E-state index contributed by atoms with van der Waals surface area (Å²) in [5, 5.41) is 12.8. The zero-order valence-electron chi connectivity index (χ0n) is 12.9. The monoisotopic (exact) mass is 277 g/mol. The van der Waals surface area contributed by atoms with Crippen LogP contribution in [-0.4, -0.2) is 42.4 Å². The van der Waals surface area contributed by atoms with Gasteiger partial charge in [0.25, 0.3) is 0 Å². The number of aliphatic hydroxyl groups is 1. The van der Waals surface area contributed by atoms with Crippen LogP contribution in [0.3, 0.4) is 0 Å². The van der Waals surface area contributed by atoms with Crippen molar-refractivity contribution in [2.45, 2.75) is 45.1 Å². The van der Waals surface area contributed by atoms with E-state index < -0.39 is 0 Å². The van der Waals surface area contributed by atoms with Gasteiger partial charge in [-0.25, -0.2) is 4.98 Å². The minimum Gasteiger partial charge on any atom is -0.395 e. The van der Waals surface area contributed by atoms with Gasteiger partial charge in [-0.1, -0.05) is 26.8 Å². The van der Waals surface area contributed by atoms with Crippen molar-refractivity contribution in [3.63, 3.8) is 0 Å². The zero-order valence-corrected chi connectivity index (χ0v) is 12.9. The van der Waals surface area contributed by atoms with Gasteiger partial charge in [0.2, 0.25) is 0 Å². The Morgan fingerprint density at radius 2 is 2.20 bits per heavy atom. The van der Waals surface area contributed by atoms with Gasteiger partial charge in [0.1, 0.15) is 5.82 Å². The van der Waals surface area contributed by atoms with E-state index in [2.05, 4.69) is 48.1 Å². The predicted octanol–water partition coefficient (Wildman–Crippen LogP) is 1.93. The highest BCUT2D eigenvalue weighted by molar-refractivity contribution is 5.40. The summed E-state index contributed by atoms with van der Waals surface area (Å²) in [6, 6.07) is 4.74. The molecule has 2 rings (SSSR count). The lowest BCUT2D eigenvalue weighted by atomic mass is 9.88. The molecular formula is C16H27N3O. The highest BCUT2D eigenvalue weighted by Gasteiger charge is 2.19. The van der Waals surface area contributed by atoms with Crippen LogP contribution < -0.4 is 10.2 Å². The highest BCUT2D eigenvalue weighted by Crippen LogP contribution is 2.23. The summed E-state index contributed by atoms with van der Waals surface area (Å²) in [7, 11) is 0. The fraction of sp³-hybridized carbons (Fsp3) is 0.688. The number of pyridine rings is 1. The van der Waals surface area contributed by atoms with Crippen LogP contribution in [0.1, 0.15) is 39.2 Å². The third-order valence-corrected chi connectivity index (χ3v) is 3.91. The summed E-state index contributed by atoms with van der Waals surface area (Å²) in [6.07, 6.45) is 4.41. The second kappa shape index (κ2) is 6.55. The highest BCUT2D eigenvalue weighted by atomic mass is 16.3. The molecule has 2 heterocycles. The average molecular weight is 277 g/mol. The second-order valence-corrected chi connectivity index (χ2v) is 6.62. The van der Waals surface area contributed by atoms with Crippen molar-refractivity contribution >= 4 is 5.82 Å². The van der Waals surface area contributed by atoms with Gasteiger partial charge < -0.3 is 15.3 Å². The van der Waals surface area contributed by atoms with E-state index >= 15 is 0 Å². The number of rotatable bonds is 5. The maximum absolute atomic E-state index is 9.27. The fourth-order valence-electron chi connectivity index (χ4n) is 2.62. The lowest BCUT2D eigenvalue weighted by Gasteiger charge is -2.27. The molecule has 0 saturated carbocycles. The van der Waals surface area contributed by atoms with Crippen LogP contribution in [0.15, 0.2) is 18.3 Å².